The van der Waals surface area contributed by atoms with E-state index in [0.29, 0.717) is 0 Å². The fraction of sp³-hybridized carbons (Fsp3) is 0.455. The summed E-state index contributed by atoms with van der Waals surface area (Å²) >= 11 is 0. The molecule has 0 N–H and O–H groups in total. The third kappa shape index (κ3) is 1.54. The summed E-state index contributed by atoms with van der Waals surface area (Å²) < 4.78 is 0. The van der Waals surface area contributed by atoms with Gasteiger partial charge in [-0.3, -0.25) is 0 Å². The van der Waals surface area contributed by atoms with Crippen LogP contribution in [-0.2, 0) is 0 Å². The maximum atomic E-state index is 2.41. The van der Waals surface area contributed by atoms with Gasteiger partial charge >= 0.3 is 0 Å². The fourth-order valence-corrected chi connectivity index (χ4v) is 4.72. The third-order valence-corrected chi connectivity index (χ3v) is 5.72. The molecular formula is C11H15P. The molecule has 0 spiro atoms. The summed E-state index contributed by atoms with van der Waals surface area (Å²) in [6.45, 7) is 2.41. The summed E-state index contributed by atoms with van der Waals surface area (Å²) in [5.41, 5.74) is 0.961. The summed E-state index contributed by atoms with van der Waals surface area (Å²) in [7, 11) is 0.199. The summed E-state index contributed by atoms with van der Waals surface area (Å²) in [5.74, 6) is 0. The fourth-order valence-electron chi connectivity index (χ4n) is 1.94. The smallest absolute Gasteiger partial charge is 0.0197 e. The van der Waals surface area contributed by atoms with E-state index in [1.807, 2.05) is 0 Å². The van der Waals surface area contributed by atoms with Gasteiger partial charge in [-0.05, 0) is 30.0 Å². The first kappa shape index (κ1) is 8.26. The minimum absolute atomic E-state index is 0.199. The van der Waals surface area contributed by atoms with Crippen LogP contribution in [0.4, 0.5) is 0 Å². The molecule has 0 nitrogen and oxygen atoms in total. The van der Waals surface area contributed by atoms with E-state index >= 15 is 0 Å². The molecule has 1 aliphatic rings. The highest BCUT2D eigenvalue weighted by atomic mass is 31.1. The van der Waals surface area contributed by atoms with Crippen LogP contribution in [0.25, 0.3) is 0 Å². The summed E-state index contributed by atoms with van der Waals surface area (Å²) in [6.07, 6.45) is 4.35. The topological polar surface area (TPSA) is 0 Å². The van der Waals surface area contributed by atoms with Crippen LogP contribution >= 0.6 is 7.92 Å². The predicted molar refractivity (Wildman–Crippen MR) is 56.6 cm³/mol. The summed E-state index contributed by atoms with van der Waals surface area (Å²) in [4.78, 5) is 0. The van der Waals surface area contributed by atoms with Gasteiger partial charge in [-0.1, -0.05) is 45.2 Å². The van der Waals surface area contributed by atoms with Crippen molar-refractivity contribution in [3.8, 4) is 0 Å². The Balaban J connectivity index is 2.19. The lowest BCUT2D eigenvalue weighted by Gasteiger charge is -2.15. The summed E-state index contributed by atoms with van der Waals surface area (Å²) in [5, 5.41) is 1.61. The molecule has 64 valence electrons. The minimum atomic E-state index is 0.199. The van der Waals surface area contributed by atoms with Crippen molar-refractivity contribution in [2.24, 2.45) is 0 Å². The van der Waals surface area contributed by atoms with Crippen LogP contribution in [0.5, 0.6) is 0 Å². The lowest BCUT2D eigenvalue weighted by Crippen LogP contribution is -2.05. The Labute approximate surface area is 75.7 Å². The second-order valence-corrected chi connectivity index (χ2v) is 6.30. The van der Waals surface area contributed by atoms with Crippen molar-refractivity contribution in [1.29, 1.82) is 0 Å². The average Bonchev–Trinajstić information content (AvgIpc) is 2.53. The molecule has 0 unspecified atom stereocenters. The molecule has 0 radical (unpaired) electrons. The summed E-state index contributed by atoms with van der Waals surface area (Å²) in [6, 6.07) is 11.0. The molecule has 1 heterocycles. The molecule has 0 saturated carbocycles. The zero-order valence-electron chi connectivity index (χ0n) is 7.53. The van der Waals surface area contributed by atoms with Gasteiger partial charge in [0.15, 0.2) is 0 Å². The molecule has 0 amide bonds. The van der Waals surface area contributed by atoms with Gasteiger partial charge in [0.1, 0.15) is 0 Å². The molecule has 1 saturated heterocycles. The monoisotopic (exact) mass is 178 g/mol. The maximum absolute atomic E-state index is 2.41. The standard InChI is InChI=1S/C11H15P/c1-10-6-5-9-12(10)11-7-3-2-4-8-11/h2-4,7-8,10H,5-6,9H2,1H3/t10-,12+/m1/s1. The highest BCUT2D eigenvalue weighted by molar-refractivity contribution is 7.66. The molecule has 12 heavy (non-hydrogen) atoms. The lowest BCUT2D eigenvalue weighted by atomic mass is 10.3. The van der Waals surface area contributed by atoms with Gasteiger partial charge in [0.25, 0.3) is 0 Å². The Morgan fingerprint density at radius 1 is 1.25 bits per heavy atom. The molecule has 1 aliphatic heterocycles. The highest BCUT2D eigenvalue weighted by Crippen LogP contribution is 2.48. The van der Waals surface area contributed by atoms with E-state index in [1.165, 1.54) is 19.0 Å². The van der Waals surface area contributed by atoms with Crippen molar-refractivity contribution in [2.75, 3.05) is 6.16 Å². The van der Waals surface area contributed by atoms with Gasteiger partial charge in [0.05, 0.1) is 0 Å². The van der Waals surface area contributed by atoms with Crippen molar-refractivity contribution < 1.29 is 0 Å². The Bertz CT molecular complexity index is 242. The minimum Gasteiger partial charge on any atom is -0.0724 e. The first-order chi connectivity index (χ1) is 5.88. The second kappa shape index (κ2) is 3.58. The Morgan fingerprint density at radius 3 is 2.58 bits per heavy atom. The van der Waals surface area contributed by atoms with Crippen LogP contribution in [0, 0.1) is 0 Å². The normalized spacial score (nSPS) is 29.1. The van der Waals surface area contributed by atoms with Gasteiger partial charge in [0.2, 0.25) is 0 Å². The first-order valence-electron chi connectivity index (χ1n) is 4.69. The van der Waals surface area contributed by atoms with Gasteiger partial charge in [0, 0.05) is 0 Å². The first-order valence-corrected chi connectivity index (χ1v) is 6.29. The molecule has 1 aromatic carbocycles. The number of benzene rings is 1. The van der Waals surface area contributed by atoms with E-state index < -0.39 is 0 Å². The predicted octanol–water partition coefficient (Wildman–Crippen LogP) is 2.98. The Morgan fingerprint density at radius 2 is 2.00 bits per heavy atom. The van der Waals surface area contributed by atoms with E-state index in [9.17, 15) is 0 Å². The quantitative estimate of drug-likeness (QED) is 0.580. The van der Waals surface area contributed by atoms with E-state index in [2.05, 4.69) is 37.3 Å². The molecule has 2 rings (SSSR count). The van der Waals surface area contributed by atoms with Gasteiger partial charge in [-0.25, -0.2) is 0 Å². The van der Waals surface area contributed by atoms with Crippen LogP contribution in [0.2, 0.25) is 0 Å². The van der Waals surface area contributed by atoms with Crippen LogP contribution in [0.15, 0.2) is 30.3 Å². The van der Waals surface area contributed by atoms with Crippen molar-refractivity contribution in [3.63, 3.8) is 0 Å². The average molecular weight is 178 g/mol. The molecule has 0 aliphatic carbocycles. The molecular weight excluding hydrogens is 163 g/mol. The highest BCUT2D eigenvalue weighted by Gasteiger charge is 2.23. The largest absolute Gasteiger partial charge is 0.0724 e. The van der Waals surface area contributed by atoms with Gasteiger partial charge < -0.3 is 0 Å². The van der Waals surface area contributed by atoms with E-state index in [4.69, 9.17) is 0 Å². The molecule has 1 fully saturated rings. The van der Waals surface area contributed by atoms with Crippen LogP contribution in [0.1, 0.15) is 19.8 Å². The van der Waals surface area contributed by atoms with E-state index in [-0.39, 0.29) is 7.92 Å². The molecule has 0 aromatic heterocycles. The Hall–Kier alpha value is -0.350. The van der Waals surface area contributed by atoms with Crippen molar-refractivity contribution in [1.82, 2.24) is 0 Å². The van der Waals surface area contributed by atoms with Gasteiger partial charge in [-0.2, -0.15) is 0 Å². The number of hydrogen-bond donors (Lipinski definition) is 0. The van der Waals surface area contributed by atoms with Crippen LogP contribution in [0.3, 0.4) is 0 Å². The van der Waals surface area contributed by atoms with Crippen molar-refractivity contribution >= 4 is 13.2 Å². The van der Waals surface area contributed by atoms with Crippen LogP contribution in [-0.4, -0.2) is 11.8 Å². The molecule has 1 aromatic rings. The lowest BCUT2D eigenvalue weighted by molar-refractivity contribution is 0.836. The molecule has 0 bridgehead atoms. The van der Waals surface area contributed by atoms with E-state index in [0.717, 1.165) is 5.66 Å². The zero-order chi connectivity index (χ0) is 8.39. The Kier molecular flexibility index (Phi) is 2.46. The van der Waals surface area contributed by atoms with Crippen molar-refractivity contribution in [3.05, 3.63) is 30.3 Å². The van der Waals surface area contributed by atoms with Gasteiger partial charge in [-0.15, -0.1) is 0 Å². The zero-order valence-corrected chi connectivity index (χ0v) is 8.43. The maximum Gasteiger partial charge on any atom is -0.0197 e. The van der Waals surface area contributed by atoms with Crippen LogP contribution < -0.4 is 5.30 Å². The number of hydrogen-bond acceptors (Lipinski definition) is 0. The molecule has 2 atom stereocenters. The molecule has 1 heteroatoms. The third-order valence-electron chi connectivity index (χ3n) is 2.64. The second-order valence-electron chi connectivity index (χ2n) is 3.52. The SMILES string of the molecule is C[C@@H]1CCC[P@]1c1ccccc1. The van der Waals surface area contributed by atoms with Crippen molar-refractivity contribution in [2.45, 2.75) is 25.4 Å². The number of rotatable bonds is 1. The van der Waals surface area contributed by atoms with E-state index in [1.54, 1.807) is 5.30 Å².